The molecule has 0 unspecified atom stereocenters. The summed E-state index contributed by atoms with van der Waals surface area (Å²) in [6.45, 7) is 2.59. The minimum absolute atomic E-state index is 0.0391. The molecule has 5 heteroatoms. The van der Waals surface area contributed by atoms with Crippen LogP contribution in [0.5, 0.6) is 0 Å². The number of furan rings is 1. The van der Waals surface area contributed by atoms with E-state index >= 15 is 0 Å². The van der Waals surface area contributed by atoms with Gasteiger partial charge >= 0.3 is 5.97 Å². The standard InChI is InChI=1S/C16H15NO4/c1-10-8-12(21-14(10)16(19)20)9-17-7-6-11-4-2-3-5-13(11)15(17)18/h2-5,8H,6-7,9H2,1H3,(H,19,20). The van der Waals surface area contributed by atoms with E-state index in [0.717, 1.165) is 12.0 Å². The first-order valence-corrected chi connectivity index (χ1v) is 6.76. The summed E-state index contributed by atoms with van der Waals surface area (Å²) in [6.07, 6.45) is 0.799. The largest absolute Gasteiger partial charge is 0.475 e. The summed E-state index contributed by atoms with van der Waals surface area (Å²) in [5.74, 6) is -0.690. The maximum Gasteiger partial charge on any atom is 0.372 e. The Hall–Kier alpha value is -2.56. The fraction of sp³-hybridized carbons (Fsp3) is 0.250. The first-order chi connectivity index (χ1) is 10.1. The number of rotatable bonds is 3. The summed E-state index contributed by atoms with van der Waals surface area (Å²) in [5, 5.41) is 8.99. The second kappa shape index (κ2) is 5.09. The van der Waals surface area contributed by atoms with E-state index in [1.807, 2.05) is 24.3 Å². The summed E-state index contributed by atoms with van der Waals surface area (Å²) in [4.78, 5) is 25.1. The average Bonchev–Trinajstić information content (AvgIpc) is 2.83. The molecule has 1 aliphatic rings. The van der Waals surface area contributed by atoms with Crippen molar-refractivity contribution in [1.29, 1.82) is 0 Å². The van der Waals surface area contributed by atoms with Gasteiger partial charge < -0.3 is 14.4 Å². The molecule has 2 aromatic rings. The van der Waals surface area contributed by atoms with Crippen LogP contribution in [-0.4, -0.2) is 28.4 Å². The Morgan fingerprint density at radius 2 is 2.14 bits per heavy atom. The lowest BCUT2D eigenvalue weighted by Gasteiger charge is -2.27. The molecule has 21 heavy (non-hydrogen) atoms. The van der Waals surface area contributed by atoms with Crippen molar-refractivity contribution < 1.29 is 19.1 Å². The monoisotopic (exact) mass is 285 g/mol. The van der Waals surface area contributed by atoms with Crippen LogP contribution >= 0.6 is 0 Å². The van der Waals surface area contributed by atoms with Crippen LogP contribution in [0.3, 0.4) is 0 Å². The molecule has 1 aromatic carbocycles. The van der Waals surface area contributed by atoms with Crippen molar-refractivity contribution in [2.75, 3.05) is 6.54 Å². The van der Waals surface area contributed by atoms with Gasteiger partial charge in [-0.2, -0.15) is 0 Å². The zero-order valence-electron chi connectivity index (χ0n) is 11.6. The van der Waals surface area contributed by atoms with E-state index in [1.54, 1.807) is 17.9 Å². The number of carbonyl (C=O) groups excluding carboxylic acids is 1. The number of carboxylic acids is 1. The zero-order valence-corrected chi connectivity index (χ0v) is 11.6. The van der Waals surface area contributed by atoms with E-state index in [9.17, 15) is 9.59 Å². The fourth-order valence-electron chi connectivity index (χ4n) is 2.65. The van der Waals surface area contributed by atoms with Crippen LogP contribution in [0.2, 0.25) is 0 Å². The number of amides is 1. The van der Waals surface area contributed by atoms with Crippen LogP contribution in [0.25, 0.3) is 0 Å². The lowest BCUT2D eigenvalue weighted by molar-refractivity contribution is 0.0654. The molecule has 3 rings (SSSR count). The van der Waals surface area contributed by atoms with Gasteiger partial charge in [0.15, 0.2) is 0 Å². The van der Waals surface area contributed by atoms with Gasteiger partial charge in [-0.05, 0) is 31.0 Å². The molecule has 0 bridgehead atoms. The molecule has 0 aliphatic carbocycles. The number of carbonyl (C=O) groups is 2. The van der Waals surface area contributed by atoms with Crippen molar-refractivity contribution in [3.05, 3.63) is 58.5 Å². The van der Waals surface area contributed by atoms with E-state index in [2.05, 4.69) is 0 Å². The van der Waals surface area contributed by atoms with Crippen LogP contribution in [-0.2, 0) is 13.0 Å². The Morgan fingerprint density at radius 1 is 1.38 bits per heavy atom. The van der Waals surface area contributed by atoms with Crippen molar-refractivity contribution in [1.82, 2.24) is 4.90 Å². The average molecular weight is 285 g/mol. The molecule has 0 radical (unpaired) electrons. The molecule has 1 N–H and O–H groups in total. The van der Waals surface area contributed by atoms with Crippen molar-refractivity contribution in [2.45, 2.75) is 19.9 Å². The molecule has 0 spiro atoms. The Labute approximate surface area is 121 Å². The fourth-order valence-corrected chi connectivity index (χ4v) is 2.65. The minimum Gasteiger partial charge on any atom is -0.475 e. The van der Waals surface area contributed by atoms with Crippen molar-refractivity contribution >= 4 is 11.9 Å². The number of hydrogen-bond acceptors (Lipinski definition) is 3. The van der Waals surface area contributed by atoms with Crippen LogP contribution in [0, 0.1) is 6.92 Å². The van der Waals surface area contributed by atoms with Gasteiger partial charge in [0, 0.05) is 17.7 Å². The van der Waals surface area contributed by atoms with Gasteiger partial charge in [0.25, 0.3) is 5.91 Å². The SMILES string of the molecule is Cc1cc(CN2CCc3ccccc3C2=O)oc1C(=O)O. The van der Waals surface area contributed by atoms with Gasteiger partial charge in [-0.1, -0.05) is 18.2 Å². The van der Waals surface area contributed by atoms with E-state index in [1.165, 1.54) is 0 Å². The minimum atomic E-state index is -1.09. The predicted molar refractivity (Wildman–Crippen MR) is 75.3 cm³/mol. The maximum atomic E-state index is 12.4. The molecule has 108 valence electrons. The summed E-state index contributed by atoms with van der Waals surface area (Å²) in [6, 6.07) is 9.23. The Bertz CT molecular complexity index is 717. The zero-order chi connectivity index (χ0) is 15.0. The third kappa shape index (κ3) is 2.42. The van der Waals surface area contributed by atoms with Crippen molar-refractivity contribution in [3.63, 3.8) is 0 Å². The highest BCUT2D eigenvalue weighted by Gasteiger charge is 2.25. The highest BCUT2D eigenvalue weighted by Crippen LogP contribution is 2.22. The number of aromatic carboxylic acids is 1. The number of fused-ring (bicyclic) bond motifs is 1. The van der Waals surface area contributed by atoms with Crippen LogP contribution in [0.1, 0.15) is 37.8 Å². The molecule has 1 amide bonds. The van der Waals surface area contributed by atoms with E-state index < -0.39 is 5.97 Å². The molecule has 5 nitrogen and oxygen atoms in total. The summed E-state index contributed by atoms with van der Waals surface area (Å²) in [5.41, 5.74) is 2.34. The van der Waals surface area contributed by atoms with E-state index in [0.29, 0.717) is 30.0 Å². The number of benzene rings is 1. The van der Waals surface area contributed by atoms with Crippen molar-refractivity contribution in [3.8, 4) is 0 Å². The molecule has 2 heterocycles. The maximum absolute atomic E-state index is 12.4. The lowest BCUT2D eigenvalue weighted by atomic mass is 9.99. The first kappa shape index (κ1) is 13.4. The van der Waals surface area contributed by atoms with Gasteiger partial charge in [0.1, 0.15) is 5.76 Å². The highest BCUT2D eigenvalue weighted by molar-refractivity contribution is 5.96. The number of hydrogen-bond donors (Lipinski definition) is 1. The van der Waals surface area contributed by atoms with Gasteiger partial charge in [0.2, 0.25) is 5.76 Å². The summed E-state index contributed by atoms with van der Waals surface area (Å²) >= 11 is 0. The number of carboxylic acid groups (broad SMARTS) is 1. The predicted octanol–water partition coefficient (Wildman–Crippen LogP) is 2.48. The first-order valence-electron chi connectivity index (χ1n) is 6.76. The van der Waals surface area contributed by atoms with Gasteiger partial charge in [-0.15, -0.1) is 0 Å². The highest BCUT2D eigenvalue weighted by atomic mass is 16.4. The summed E-state index contributed by atoms with van der Waals surface area (Å²) in [7, 11) is 0. The Kier molecular flexibility index (Phi) is 3.25. The lowest BCUT2D eigenvalue weighted by Crippen LogP contribution is -2.36. The van der Waals surface area contributed by atoms with E-state index in [4.69, 9.17) is 9.52 Å². The molecule has 0 saturated carbocycles. The summed E-state index contributed by atoms with van der Waals surface area (Å²) < 4.78 is 5.32. The molecule has 0 fully saturated rings. The molecular weight excluding hydrogens is 270 g/mol. The second-order valence-corrected chi connectivity index (χ2v) is 5.16. The topological polar surface area (TPSA) is 70.8 Å². The normalized spacial score (nSPS) is 14.1. The molecule has 1 aromatic heterocycles. The third-order valence-electron chi connectivity index (χ3n) is 3.70. The number of nitrogens with zero attached hydrogens (tertiary/aromatic N) is 1. The van der Waals surface area contributed by atoms with E-state index in [-0.39, 0.29) is 11.7 Å². The smallest absolute Gasteiger partial charge is 0.372 e. The third-order valence-corrected chi connectivity index (χ3v) is 3.70. The molecule has 1 aliphatic heterocycles. The van der Waals surface area contributed by atoms with Crippen LogP contribution < -0.4 is 0 Å². The Morgan fingerprint density at radius 3 is 2.86 bits per heavy atom. The quantitative estimate of drug-likeness (QED) is 0.940. The molecule has 0 atom stereocenters. The molecule has 0 saturated heterocycles. The van der Waals surface area contributed by atoms with Gasteiger partial charge in [-0.25, -0.2) is 4.79 Å². The van der Waals surface area contributed by atoms with Gasteiger partial charge in [-0.3, -0.25) is 4.79 Å². The number of aryl methyl sites for hydroxylation is 1. The van der Waals surface area contributed by atoms with Crippen LogP contribution in [0.15, 0.2) is 34.7 Å². The Balaban J connectivity index is 1.82. The van der Waals surface area contributed by atoms with Crippen molar-refractivity contribution in [2.24, 2.45) is 0 Å². The molecular formula is C16H15NO4. The van der Waals surface area contributed by atoms with Gasteiger partial charge in [0.05, 0.1) is 6.54 Å². The van der Waals surface area contributed by atoms with Crippen LogP contribution in [0.4, 0.5) is 0 Å². The second-order valence-electron chi connectivity index (χ2n) is 5.16.